The summed E-state index contributed by atoms with van der Waals surface area (Å²) in [4.78, 5) is 11.3. The number of aliphatic hydroxyl groups excluding tert-OH is 1. The molecule has 0 aliphatic heterocycles. The fourth-order valence-corrected chi connectivity index (χ4v) is 3.03. The molecule has 0 radical (unpaired) electrons. The van der Waals surface area contributed by atoms with Gasteiger partial charge in [0, 0.05) is 30.7 Å². The second-order valence-electron chi connectivity index (χ2n) is 6.13. The lowest BCUT2D eigenvalue weighted by Gasteiger charge is -2.34. The van der Waals surface area contributed by atoms with E-state index in [0.717, 1.165) is 48.8 Å². The van der Waals surface area contributed by atoms with Crippen LogP contribution in [0.15, 0.2) is 12.3 Å². The van der Waals surface area contributed by atoms with Gasteiger partial charge in [-0.1, -0.05) is 0 Å². The van der Waals surface area contributed by atoms with Gasteiger partial charge in [-0.05, 0) is 45.7 Å². The summed E-state index contributed by atoms with van der Waals surface area (Å²) in [6.07, 6.45) is 3.88. The van der Waals surface area contributed by atoms with Crippen molar-refractivity contribution < 1.29 is 5.11 Å². The smallest absolute Gasteiger partial charge is 0.234 e. The molecule has 1 aliphatic rings. The first-order chi connectivity index (χ1) is 9.51. The molecule has 2 aromatic heterocycles. The molecular formula is C15H22N4O. The molecule has 0 atom stereocenters. The molecule has 2 heterocycles. The highest BCUT2D eigenvalue weighted by Gasteiger charge is 2.27. The first kappa shape index (κ1) is 13.5. The second-order valence-corrected chi connectivity index (χ2v) is 6.13. The van der Waals surface area contributed by atoms with Crippen LogP contribution in [-0.2, 0) is 6.54 Å². The number of fused-ring (bicyclic) bond motifs is 1. The molecule has 1 fully saturated rings. The van der Waals surface area contributed by atoms with Crippen molar-refractivity contribution in [1.29, 1.82) is 0 Å². The lowest BCUT2D eigenvalue weighted by atomic mass is 9.82. The van der Waals surface area contributed by atoms with Crippen LogP contribution in [0.25, 0.3) is 5.78 Å². The molecule has 0 spiro atoms. The van der Waals surface area contributed by atoms with Gasteiger partial charge in [-0.3, -0.25) is 4.40 Å². The quantitative estimate of drug-likeness (QED) is 0.919. The van der Waals surface area contributed by atoms with Crippen molar-refractivity contribution in [3.63, 3.8) is 0 Å². The van der Waals surface area contributed by atoms with E-state index in [-0.39, 0.29) is 6.10 Å². The van der Waals surface area contributed by atoms with E-state index < -0.39 is 0 Å². The predicted molar refractivity (Wildman–Crippen MR) is 77.5 cm³/mol. The van der Waals surface area contributed by atoms with Gasteiger partial charge in [0.15, 0.2) is 0 Å². The van der Waals surface area contributed by atoms with Gasteiger partial charge in [-0.15, -0.1) is 0 Å². The Morgan fingerprint density at radius 1 is 1.35 bits per heavy atom. The number of rotatable bonds is 4. The fourth-order valence-electron chi connectivity index (χ4n) is 3.03. The Kier molecular flexibility index (Phi) is 3.48. The van der Waals surface area contributed by atoms with Gasteiger partial charge in [0.05, 0.1) is 11.8 Å². The van der Waals surface area contributed by atoms with Gasteiger partial charge in [0.1, 0.15) is 0 Å². The van der Waals surface area contributed by atoms with Crippen LogP contribution >= 0.6 is 0 Å². The van der Waals surface area contributed by atoms with E-state index in [4.69, 9.17) is 0 Å². The van der Waals surface area contributed by atoms with Crippen LogP contribution in [0.1, 0.15) is 29.9 Å². The lowest BCUT2D eigenvalue weighted by molar-refractivity contribution is 0.0272. The number of aryl methyl sites for hydroxylation is 2. The van der Waals surface area contributed by atoms with Gasteiger partial charge in [-0.2, -0.15) is 0 Å². The van der Waals surface area contributed by atoms with E-state index in [1.54, 1.807) is 0 Å². The summed E-state index contributed by atoms with van der Waals surface area (Å²) in [5.41, 5.74) is 3.22. The highest BCUT2D eigenvalue weighted by atomic mass is 16.3. The van der Waals surface area contributed by atoms with Crippen molar-refractivity contribution in [2.75, 3.05) is 13.6 Å². The number of hydrogen-bond acceptors (Lipinski definition) is 4. The highest BCUT2D eigenvalue weighted by molar-refractivity contribution is 5.34. The number of nitrogens with zero attached hydrogens (tertiary/aromatic N) is 4. The Balaban J connectivity index is 1.69. The van der Waals surface area contributed by atoms with Gasteiger partial charge >= 0.3 is 0 Å². The topological polar surface area (TPSA) is 53.7 Å². The molecule has 1 N–H and O–H groups in total. The predicted octanol–water partition coefficient (Wildman–Crippen LogP) is 1.55. The summed E-state index contributed by atoms with van der Waals surface area (Å²) in [5.74, 6) is 1.42. The summed E-state index contributed by atoms with van der Waals surface area (Å²) in [7, 11) is 2.11. The largest absolute Gasteiger partial charge is 0.393 e. The van der Waals surface area contributed by atoms with Crippen molar-refractivity contribution in [2.45, 2.75) is 39.3 Å². The van der Waals surface area contributed by atoms with Crippen molar-refractivity contribution in [1.82, 2.24) is 19.3 Å². The normalized spacial score (nSPS) is 22.4. The number of aliphatic hydroxyl groups is 1. The molecule has 0 aromatic carbocycles. The highest BCUT2D eigenvalue weighted by Crippen LogP contribution is 2.27. The minimum atomic E-state index is -0.0709. The summed E-state index contributed by atoms with van der Waals surface area (Å²) < 4.78 is 2.04. The van der Waals surface area contributed by atoms with Gasteiger partial charge in [-0.25, -0.2) is 9.97 Å². The van der Waals surface area contributed by atoms with Crippen LogP contribution in [0.3, 0.4) is 0 Å². The summed E-state index contributed by atoms with van der Waals surface area (Å²) in [6, 6.07) is 2.07. The Bertz CT molecular complexity index is 616. The molecule has 0 unspecified atom stereocenters. The second kappa shape index (κ2) is 5.14. The Morgan fingerprint density at radius 2 is 2.10 bits per heavy atom. The van der Waals surface area contributed by atoms with E-state index in [1.165, 1.54) is 0 Å². The number of imidazole rings is 1. The third kappa shape index (κ3) is 2.69. The van der Waals surface area contributed by atoms with E-state index in [2.05, 4.69) is 41.1 Å². The lowest BCUT2D eigenvalue weighted by Crippen LogP contribution is -2.36. The molecule has 108 valence electrons. The minimum Gasteiger partial charge on any atom is -0.393 e. The molecule has 2 aromatic rings. The summed E-state index contributed by atoms with van der Waals surface area (Å²) in [5, 5.41) is 9.33. The van der Waals surface area contributed by atoms with Crippen molar-refractivity contribution in [2.24, 2.45) is 5.92 Å². The van der Waals surface area contributed by atoms with Crippen LogP contribution in [0.2, 0.25) is 0 Å². The monoisotopic (exact) mass is 274 g/mol. The molecule has 5 heteroatoms. The number of hydrogen-bond donors (Lipinski definition) is 1. The Morgan fingerprint density at radius 3 is 2.80 bits per heavy atom. The van der Waals surface area contributed by atoms with E-state index in [0.29, 0.717) is 5.92 Å². The molecule has 3 rings (SSSR count). The standard InChI is InChI=1S/C15H22N4O/c1-10-4-11(2)19-9-13(17-15(19)16-10)8-18(3)7-12-5-14(20)6-12/h4,9,12,14,20H,5-8H2,1-3H3. The molecule has 1 saturated carbocycles. The van der Waals surface area contributed by atoms with Crippen LogP contribution in [-0.4, -0.2) is 44.1 Å². The fraction of sp³-hybridized carbons (Fsp3) is 0.600. The number of aromatic nitrogens is 3. The van der Waals surface area contributed by atoms with Gasteiger partial charge in [0.25, 0.3) is 0 Å². The maximum atomic E-state index is 9.33. The van der Waals surface area contributed by atoms with Crippen molar-refractivity contribution >= 4 is 5.78 Å². The van der Waals surface area contributed by atoms with E-state index in [9.17, 15) is 5.11 Å². The first-order valence-electron chi connectivity index (χ1n) is 7.20. The maximum Gasteiger partial charge on any atom is 0.234 e. The third-order valence-electron chi connectivity index (χ3n) is 4.02. The van der Waals surface area contributed by atoms with E-state index >= 15 is 0 Å². The zero-order valence-corrected chi connectivity index (χ0v) is 12.4. The SMILES string of the molecule is Cc1cc(C)n2cc(CN(C)CC3CC(O)C3)nc2n1. The average Bonchev–Trinajstić information content (AvgIpc) is 2.69. The van der Waals surface area contributed by atoms with Crippen LogP contribution in [0, 0.1) is 19.8 Å². The van der Waals surface area contributed by atoms with Gasteiger partial charge in [0.2, 0.25) is 5.78 Å². The zero-order chi connectivity index (χ0) is 14.3. The molecule has 1 aliphatic carbocycles. The van der Waals surface area contributed by atoms with Crippen LogP contribution in [0.5, 0.6) is 0 Å². The van der Waals surface area contributed by atoms with Crippen molar-refractivity contribution in [3.05, 3.63) is 29.3 Å². The van der Waals surface area contributed by atoms with Crippen LogP contribution in [0.4, 0.5) is 0 Å². The average molecular weight is 274 g/mol. The van der Waals surface area contributed by atoms with Crippen LogP contribution < -0.4 is 0 Å². The van der Waals surface area contributed by atoms with Gasteiger partial charge < -0.3 is 10.0 Å². The molecule has 20 heavy (non-hydrogen) atoms. The van der Waals surface area contributed by atoms with Crippen molar-refractivity contribution in [3.8, 4) is 0 Å². The first-order valence-corrected chi connectivity index (χ1v) is 7.20. The molecular weight excluding hydrogens is 252 g/mol. The zero-order valence-electron chi connectivity index (χ0n) is 12.4. The van der Waals surface area contributed by atoms with E-state index in [1.807, 2.05) is 11.3 Å². The Labute approximate surface area is 119 Å². The summed E-state index contributed by atoms with van der Waals surface area (Å²) >= 11 is 0. The molecule has 0 amide bonds. The third-order valence-corrected chi connectivity index (χ3v) is 4.02. The molecule has 5 nitrogen and oxygen atoms in total. The molecule has 0 bridgehead atoms. The molecule has 0 saturated heterocycles. The summed E-state index contributed by atoms with van der Waals surface area (Å²) in [6.45, 7) is 5.92. The minimum absolute atomic E-state index is 0.0709. The maximum absolute atomic E-state index is 9.33. The Hall–Kier alpha value is -1.46.